The standard InChI is InChI=1S/C11H12ClFN2O2S/c1-3-4-15(2)18(16,17)9-5-8(7-14)11(12)10(13)6-9/h1,5-6H,4,7,14H2,2H3. The summed E-state index contributed by atoms with van der Waals surface area (Å²) in [4.78, 5) is -0.220. The van der Waals surface area contributed by atoms with Crippen LogP contribution in [-0.2, 0) is 16.6 Å². The molecule has 0 heterocycles. The minimum Gasteiger partial charge on any atom is -0.326 e. The second-order valence-electron chi connectivity index (χ2n) is 3.55. The molecule has 0 aromatic heterocycles. The van der Waals surface area contributed by atoms with E-state index in [-0.39, 0.29) is 28.6 Å². The summed E-state index contributed by atoms with van der Waals surface area (Å²) >= 11 is 5.66. The number of rotatable bonds is 4. The predicted molar refractivity (Wildman–Crippen MR) is 68.0 cm³/mol. The maximum Gasteiger partial charge on any atom is 0.243 e. The highest BCUT2D eigenvalue weighted by Gasteiger charge is 2.22. The Bertz CT molecular complexity index is 596. The molecular weight excluding hydrogens is 279 g/mol. The summed E-state index contributed by atoms with van der Waals surface area (Å²) < 4.78 is 38.5. The van der Waals surface area contributed by atoms with E-state index >= 15 is 0 Å². The third kappa shape index (κ3) is 2.82. The van der Waals surface area contributed by atoms with Crippen LogP contribution in [0.5, 0.6) is 0 Å². The van der Waals surface area contributed by atoms with Crippen molar-refractivity contribution < 1.29 is 12.8 Å². The molecule has 18 heavy (non-hydrogen) atoms. The van der Waals surface area contributed by atoms with Crippen LogP contribution in [0.3, 0.4) is 0 Å². The van der Waals surface area contributed by atoms with Gasteiger partial charge in [-0.25, -0.2) is 12.8 Å². The largest absolute Gasteiger partial charge is 0.326 e. The smallest absolute Gasteiger partial charge is 0.243 e. The second kappa shape index (κ2) is 5.67. The third-order valence-electron chi connectivity index (χ3n) is 2.32. The fraction of sp³-hybridized carbons (Fsp3) is 0.273. The molecule has 4 nitrogen and oxygen atoms in total. The maximum atomic E-state index is 13.5. The SMILES string of the molecule is C#CCN(C)S(=O)(=O)c1cc(F)c(Cl)c(CN)c1. The lowest BCUT2D eigenvalue weighted by atomic mass is 10.2. The zero-order chi connectivity index (χ0) is 13.9. The van der Waals surface area contributed by atoms with Gasteiger partial charge in [0.05, 0.1) is 16.5 Å². The van der Waals surface area contributed by atoms with E-state index in [1.165, 1.54) is 13.1 Å². The van der Waals surface area contributed by atoms with Gasteiger partial charge in [-0.2, -0.15) is 4.31 Å². The minimum atomic E-state index is -3.84. The van der Waals surface area contributed by atoms with Gasteiger partial charge >= 0.3 is 0 Å². The Morgan fingerprint density at radius 2 is 2.17 bits per heavy atom. The van der Waals surface area contributed by atoms with E-state index in [9.17, 15) is 12.8 Å². The lowest BCUT2D eigenvalue weighted by Crippen LogP contribution is -2.27. The van der Waals surface area contributed by atoms with Gasteiger partial charge in [0.2, 0.25) is 10.0 Å². The summed E-state index contributed by atoms with van der Waals surface area (Å²) in [6.07, 6.45) is 5.04. The molecule has 0 aliphatic rings. The number of hydrogen-bond acceptors (Lipinski definition) is 3. The van der Waals surface area contributed by atoms with E-state index in [1.54, 1.807) is 0 Å². The molecule has 1 aromatic rings. The average molecular weight is 291 g/mol. The number of nitrogens with zero attached hydrogens (tertiary/aromatic N) is 1. The monoisotopic (exact) mass is 290 g/mol. The molecule has 0 saturated heterocycles. The zero-order valence-electron chi connectivity index (χ0n) is 9.65. The number of terminal acetylenes is 1. The van der Waals surface area contributed by atoms with Gasteiger partial charge in [-0.15, -0.1) is 6.42 Å². The summed E-state index contributed by atoms with van der Waals surface area (Å²) in [7, 11) is -2.53. The normalized spacial score (nSPS) is 11.6. The molecule has 1 rings (SSSR count). The van der Waals surface area contributed by atoms with E-state index in [2.05, 4.69) is 5.92 Å². The number of nitrogens with two attached hydrogens (primary N) is 1. The van der Waals surface area contributed by atoms with E-state index < -0.39 is 15.8 Å². The summed E-state index contributed by atoms with van der Waals surface area (Å²) in [5.41, 5.74) is 5.60. The molecule has 0 radical (unpaired) electrons. The summed E-state index contributed by atoms with van der Waals surface area (Å²) in [5.74, 6) is 1.37. The quantitative estimate of drug-likeness (QED) is 0.847. The van der Waals surface area contributed by atoms with Gasteiger partial charge in [0.15, 0.2) is 0 Å². The lowest BCUT2D eigenvalue weighted by molar-refractivity contribution is 0.501. The van der Waals surface area contributed by atoms with Crippen LogP contribution in [-0.4, -0.2) is 26.3 Å². The first-order valence-corrected chi connectivity index (χ1v) is 6.74. The molecule has 0 unspecified atom stereocenters. The fourth-order valence-corrected chi connectivity index (χ4v) is 2.64. The number of benzene rings is 1. The zero-order valence-corrected chi connectivity index (χ0v) is 11.2. The molecule has 0 fully saturated rings. The molecule has 7 heteroatoms. The number of hydrogen-bond donors (Lipinski definition) is 1. The van der Waals surface area contributed by atoms with Crippen molar-refractivity contribution in [2.24, 2.45) is 5.73 Å². The molecule has 0 atom stereocenters. The van der Waals surface area contributed by atoms with Crippen molar-refractivity contribution in [3.8, 4) is 12.3 Å². The first-order chi connectivity index (χ1) is 8.34. The first kappa shape index (κ1) is 14.9. The van der Waals surface area contributed by atoms with E-state index in [0.717, 1.165) is 10.4 Å². The molecule has 98 valence electrons. The van der Waals surface area contributed by atoms with E-state index in [0.29, 0.717) is 0 Å². The van der Waals surface area contributed by atoms with Crippen molar-refractivity contribution in [3.05, 3.63) is 28.5 Å². The van der Waals surface area contributed by atoms with Crippen molar-refractivity contribution in [2.75, 3.05) is 13.6 Å². The van der Waals surface area contributed by atoms with Crippen LogP contribution in [0.25, 0.3) is 0 Å². The van der Waals surface area contributed by atoms with Gasteiger partial charge in [-0.05, 0) is 17.7 Å². The predicted octanol–water partition coefficient (Wildman–Crippen LogP) is 1.19. The van der Waals surface area contributed by atoms with Crippen molar-refractivity contribution in [2.45, 2.75) is 11.4 Å². The average Bonchev–Trinajstić information content (AvgIpc) is 2.32. The topological polar surface area (TPSA) is 63.4 Å². The highest BCUT2D eigenvalue weighted by molar-refractivity contribution is 7.89. The third-order valence-corrected chi connectivity index (χ3v) is 4.52. The highest BCUT2D eigenvalue weighted by Crippen LogP contribution is 2.25. The van der Waals surface area contributed by atoms with Gasteiger partial charge in [0.1, 0.15) is 5.82 Å². The maximum absolute atomic E-state index is 13.5. The van der Waals surface area contributed by atoms with Crippen molar-refractivity contribution in [1.82, 2.24) is 4.31 Å². The molecule has 2 N–H and O–H groups in total. The van der Waals surface area contributed by atoms with Gasteiger partial charge in [-0.3, -0.25) is 0 Å². The van der Waals surface area contributed by atoms with Gasteiger partial charge < -0.3 is 5.73 Å². The Morgan fingerprint density at radius 1 is 1.56 bits per heavy atom. The van der Waals surface area contributed by atoms with Crippen molar-refractivity contribution >= 4 is 21.6 Å². The van der Waals surface area contributed by atoms with Crippen LogP contribution in [0.15, 0.2) is 17.0 Å². The molecule has 0 spiro atoms. The van der Waals surface area contributed by atoms with Crippen LogP contribution >= 0.6 is 11.6 Å². The molecule has 0 bridgehead atoms. The molecule has 0 aliphatic carbocycles. The van der Waals surface area contributed by atoms with Crippen molar-refractivity contribution in [1.29, 1.82) is 0 Å². The Labute approximate surface area is 111 Å². The minimum absolute atomic E-state index is 0.0576. The van der Waals surface area contributed by atoms with Crippen LogP contribution in [0.4, 0.5) is 4.39 Å². The van der Waals surface area contributed by atoms with Crippen LogP contribution in [0.1, 0.15) is 5.56 Å². The highest BCUT2D eigenvalue weighted by atomic mass is 35.5. The van der Waals surface area contributed by atoms with Crippen molar-refractivity contribution in [3.63, 3.8) is 0 Å². The van der Waals surface area contributed by atoms with E-state index in [4.69, 9.17) is 23.8 Å². The number of sulfonamides is 1. The fourth-order valence-electron chi connectivity index (χ4n) is 1.31. The van der Waals surface area contributed by atoms with Gasteiger partial charge in [-0.1, -0.05) is 17.5 Å². The van der Waals surface area contributed by atoms with E-state index in [1.807, 2.05) is 0 Å². The molecule has 0 saturated carbocycles. The molecule has 1 aromatic carbocycles. The molecule has 0 amide bonds. The Morgan fingerprint density at radius 3 is 2.67 bits per heavy atom. The van der Waals surface area contributed by atoms with Crippen LogP contribution < -0.4 is 5.73 Å². The lowest BCUT2D eigenvalue weighted by Gasteiger charge is -2.15. The summed E-state index contributed by atoms with van der Waals surface area (Å²) in [6, 6.07) is 2.09. The van der Waals surface area contributed by atoms with Gasteiger partial charge in [0.25, 0.3) is 0 Å². The number of halogens is 2. The molecular formula is C11H12ClFN2O2S. The second-order valence-corrected chi connectivity index (χ2v) is 5.97. The Balaban J connectivity index is 3.35. The Kier molecular flexibility index (Phi) is 4.71. The van der Waals surface area contributed by atoms with Gasteiger partial charge in [0, 0.05) is 13.6 Å². The summed E-state index contributed by atoms with van der Waals surface area (Å²) in [5, 5.41) is -0.170. The van der Waals surface area contributed by atoms with Crippen LogP contribution in [0, 0.1) is 18.2 Å². The molecule has 0 aliphatic heterocycles. The summed E-state index contributed by atoms with van der Waals surface area (Å²) in [6.45, 7) is -0.164. The first-order valence-electron chi connectivity index (χ1n) is 4.92. The van der Waals surface area contributed by atoms with Crippen LogP contribution in [0.2, 0.25) is 5.02 Å². The Hall–Kier alpha value is -1.13.